The van der Waals surface area contributed by atoms with Crippen LogP contribution in [0.3, 0.4) is 0 Å². The first-order valence-electron chi connectivity index (χ1n) is 5.58. The highest BCUT2D eigenvalue weighted by Gasteiger charge is 2.10. The van der Waals surface area contributed by atoms with Gasteiger partial charge in [0.05, 0.1) is 12.4 Å². The first-order valence-corrected chi connectivity index (χ1v) is 7.83. The molecule has 0 N–H and O–H groups in total. The van der Waals surface area contributed by atoms with E-state index in [0.29, 0.717) is 15.3 Å². The van der Waals surface area contributed by atoms with Crippen molar-refractivity contribution in [3.05, 3.63) is 0 Å². The molecule has 0 aliphatic carbocycles. The van der Waals surface area contributed by atoms with E-state index in [1.54, 1.807) is 0 Å². The molecule has 0 spiro atoms. The van der Waals surface area contributed by atoms with Gasteiger partial charge in [0.2, 0.25) is 0 Å². The average molecular weight is 322 g/mol. The second-order valence-electron chi connectivity index (χ2n) is 3.37. The summed E-state index contributed by atoms with van der Waals surface area (Å²) in [6.45, 7) is 2.00. The number of thioether (sulfide) groups is 1. The number of esters is 2. The van der Waals surface area contributed by atoms with Gasteiger partial charge in [0.25, 0.3) is 0 Å². The molecule has 0 bridgehead atoms. The van der Waals surface area contributed by atoms with Crippen LogP contribution >= 0.6 is 35.7 Å². The third-order valence-corrected chi connectivity index (χ3v) is 4.02. The van der Waals surface area contributed by atoms with Gasteiger partial charge in [-0.05, 0) is 6.42 Å². The Morgan fingerprint density at radius 2 is 2.11 bits per heavy atom. The fourth-order valence-electron chi connectivity index (χ4n) is 0.935. The molecule has 0 fully saturated rings. The van der Waals surface area contributed by atoms with E-state index in [9.17, 15) is 9.59 Å². The molecule has 19 heavy (non-hydrogen) atoms. The van der Waals surface area contributed by atoms with E-state index in [4.69, 9.17) is 9.47 Å². The SMILES string of the molecule is CCCCOC(=O)COC(=O)CSc1nnc(S)s1. The van der Waals surface area contributed by atoms with Crippen LogP contribution in [0.2, 0.25) is 0 Å². The van der Waals surface area contributed by atoms with Crippen LogP contribution < -0.4 is 0 Å². The molecule has 1 heterocycles. The number of hydrogen-bond donors (Lipinski definition) is 1. The number of thiol groups is 1. The molecule has 0 aliphatic rings. The number of carbonyl (C=O) groups excluding carboxylic acids is 2. The highest BCUT2D eigenvalue weighted by atomic mass is 32.2. The van der Waals surface area contributed by atoms with Crippen LogP contribution in [0.25, 0.3) is 0 Å². The van der Waals surface area contributed by atoms with Crippen LogP contribution in [-0.4, -0.2) is 41.1 Å². The van der Waals surface area contributed by atoms with Gasteiger partial charge in [-0.1, -0.05) is 36.4 Å². The van der Waals surface area contributed by atoms with E-state index in [-0.39, 0.29) is 12.4 Å². The number of nitrogens with zero attached hydrogens (tertiary/aromatic N) is 2. The second kappa shape index (κ2) is 9.16. The summed E-state index contributed by atoms with van der Waals surface area (Å²) in [5.41, 5.74) is 0. The van der Waals surface area contributed by atoms with Gasteiger partial charge in [-0.2, -0.15) is 0 Å². The summed E-state index contributed by atoms with van der Waals surface area (Å²) < 4.78 is 10.8. The number of rotatable bonds is 8. The van der Waals surface area contributed by atoms with Crippen LogP contribution in [0.5, 0.6) is 0 Å². The Morgan fingerprint density at radius 3 is 2.74 bits per heavy atom. The molecule has 1 rings (SSSR count). The quantitative estimate of drug-likeness (QED) is 0.338. The Morgan fingerprint density at radius 1 is 1.32 bits per heavy atom. The lowest BCUT2D eigenvalue weighted by molar-refractivity contribution is -0.157. The zero-order chi connectivity index (χ0) is 14.1. The molecule has 106 valence electrons. The van der Waals surface area contributed by atoms with Crippen molar-refractivity contribution in [3.63, 3.8) is 0 Å². The van der Waals surface area contributed by atoms with Crippen molar-refractivity contribution in [2.45, 2.75) is 28.4 Å². The summed E-state index contributed by atoms with van der Waals surface area (Å²) >= 11 is 6.48. The minimum absolute atomic E-state index is 0.0741. The highest BCUT2D eigenvalue weighted by molar-refractivity contribution is 8.01. The van der Waals surface area contributed by atoms with E-state index < -0.39 is 11.9 Å². The van der Waals surface area contributed by atoms with E-state index in [1.165, 1.54) is 23.1 Å². The maximum absolute atomic E-state index is 11.3. The largest absolute Gasteiger partial charge is 0.463 e. The van der Waals surface area contributed by atoms with Crippen LogP contribution in [0.1, 0.15) is 19.8 Å². The van der Waals surface area contributed by atoms with E-state index in [0.717, 1.165) is 12.8 Å². The molecule has 0 amide bonds. The molecule has 0 atom stereocenters. The summed E-state index contributed by atoms with van der Waals surface area (Å²) in [4.78, 5) is 22.5. The molecular weight excluding hydrogens is 308 g/mol. The number of unbranched alkanes of at least 4 members (excludes halogenated alkanes) is 1. The highest BCUT2D eigenvalue weighted by Crippen LogP contribution is 2.23. The van der Waals surface area contributed by atoms with Crippen LogP contribution in [-0.2, 0) is 19.1 Å². The molecule has 0 aromatic carbocycles. The van der Waals surface area contributed by atoms with Gasteiger partial charge in [0, 0.05) is 0 Å². The Bertz CT molecular complexity index is 425. The van der Waals surface area contributed by atoms with Gasteiger partial charge in [-0.3, -0.25) is 4.79 Å². The van der Waals surface area contributed by atoms with Gasteiger partial charge >= 0.3 is 11.9 Å². The monoisotopic (exact) mass is 322 g/mol. The number of aromatic nitrogens is 2. The number of carbonyl (C=O) groups is 2. The van der Waals surface area contributed by atoms with E-state index in [2.05, 4.69) is 22.8 Å². The Balaban J connectivity index is 2.12. The third-order valence-electron chi connectivity index (χ3n) is 1.82. The molecule has 1 aromatic heterocycles. The van der Waals surface area contributed by atoms with Gasteiger partial charge in [0.15, 0.2) is 15.3 Å². The maximum Gasteiger partial charge on any atom is 0.344 e. The Hall–Kier alpha value is -0.800. The summed E-state index contributed by atoms with van der Waals surface area (Å²) in [5, 5.41) is 7.48. The first-order chi connectivity index (χ1) is 9.11. The topological polar surface area (TPSA) is 78.4 Å². The van der Waals surface area contributed by atoms with E-state index in [1.807, 2.05) is 6.92 Å². The lowest BCUT2D eigenvalue weighted by Crippen LogP contribution is -2.18. The molecule has 0 saturated heterocycles. The second-order valence-corrected chi connectivity index (χ2v) is 6.30. The van der Waals surface area contributed by atoms with Crippen molar-refractivity contribution in [3.8, 4) is 0 Å². The van der Waals surface area contributed by atoms with Crippen molar-refractivity contribution in [1.82, 2.24) is 10.2 Å². The summed E-state index contributed by atoms with van der Waals surface area (Å²) in [6, 6.07) is 0. The van der Waals surface area contributed by atoms with Gasteiger partial charge in [-0.25, -0.2) is 4.79 Å². The van der Waals surface area contributed by atoms with Crippen LogP contribution in [0.4, 0.5) is 0 Å². The predicted octanol–water partition coefficient (Wildman–Crippen LogP) is 1.81. The predicted molar refractivity (Wildman–Crippen MR) is 74.7 cm³/mol. The lowest BCUT2D eigenvalue weighted by Gasteiger charge is -2.04. The molecular formula is C10H14N2O4S3. The number of hydrogen-bond acceptors (Lipinski definition) is 9. The molecule has 0 unspecified atom stereocenters. The summed E-state index contributed by atoms with van der Waals surface area (Å²) in [6.07, 6.45) is 1.75. The normalized spacial score (nSPS) is 10.2. The minimum atomic E-state index is -0.527. The molecule has 0 radical (unpaired) electrons. The van der Waals surface area contributed by atoms with E-state index >= 15 is 0 Å². The van der Waals surface area contributed by atoms with Crippen molar-refractivity contribution in [2.75, 3.05) is 19.0 Å². The van der Waals surface area contributed by atoms with Gasteiger partial charge in [-0.15, -0.1) is 22.8 Å². The molecule has 9 heteroatoms. The fourth-order valence-corrected chi connectivity index (χ4v) is 2.82. The molecule has 0 saturated carbocycles. The summed E-state index contributed by atoms with van der Waals surface area (Å²) in [7, 11) is 0. The van der Waals surface area contributed by atoms with Crippen molar-refractivity contribution >= 4 is 47.7 Å². The lowest BCUT2D eigenvalue weighted by atomic mass is 10.4. The average Bonchev–Trinajstić information content (AvgIpc) is 2.80. The Labute approximate surface area is 124 Å². The van der Waals surface area contributed by atoms with Gasteiger partial charge < -0.3 is 9.47 Å². The number of ether oxygens (including phenoxy) is 2. The van der Waals surface area contributed by atoms with Crippen molar-refractivity contribution in [2.24, 2.45) is 0 Å². The van der Waals surface area contributed by atoms with Crippen LogP contribution in [0.15, 0.2) is 8.68 Å². The van der Waals surface area contributed by atoms with Crippen molar-refractivity contribution in [1.29, 1.82) is 0 Å². The smallest absolute Gasteiger partial charge is 0.344 e. The third kappa shape index (κ3) is 7.38. The van der Waals surface area contributed by atoms with Gasteiger partial charge in [0.1, 0.15) is 0 Å². The first kappa shape index (κ1) is 16.3. The maximum atomic E-state index is 11.3. The molecule has 1 aromatic rings. The van der Waals surface area contributed by atoms with Crippen molar-refractivity contribution < 1.29 is 19.1 Å². The summed E-state index contributed by atoms with van der Waals surface area (Å²) in [5.74, 6) is -0.946. The van der Waals surface area contributed by atoms with Crippen LogP contribution in [0, 0.1) is 0 Å². The fraction of sp³-hybridized carbons (Fsp3) is 0.600. The Kier molecular flexibility index (Phi) is 7.84. The molecule has 6 nitrogen and oxygen atoms in total. The zero-order valence-electron chi connectivity index (χ0n) is 10.3. The minimum Gasteiger partial charge on any atom is -0.463 e. The molecule has 0 aliphatic heterocycles. The standard InChI is InChI=1S/C10H14N2O4S3/c1-2-3-4-15-7(13)5-16-8(14)6-18-10-12-11-9(17)19-10/h2-6H2,1H3,(H,11,17). The zero-order valence-corrected chi connectivity index (χ0v) is 12.9.